The number of hydrogen-bond acceptors (Lipinski definition) is 5. The van der Waals surface area contributed by atoms with Crippen LogP contribution < -0.4 is 5.32 Å². The Kier molecular flexibility index (Phi) is 4.85. The fourth-order valence-corrected chi connectivity index (χ4v) is 2.73. The number of aromatic nitrogens is 3. The molecule has 0 saturated carbocycles. The van der Waals surface area contributed by atoms with E-state index in [1.807, 2.05) is 26.8 Å². The summed E-state index contributed by atoms with van der Waals surface area (Å²) in [6, 6.07) is 5.37. The molecule has 1 atom stereocenters. The van der Waals surface area contributed by atoms with Gasteiger partial charge in [-0.1, -0.05) is 0 Å². The summed E-state index contributed by atoms with van der Waals surface area (Å²) in [7, 11) is 1.61. The molecule has 0 aliphatic heterocycles. The summed E-state index contributed by atoms with van der Waals surface area (Å²) in [5.74, 6) is 0.422. The average molecular weight is 342 g/mol. The number of amides is 1. The molecular weight excluding hydrogens is 320 g/mol. The predicted octanol–water partition coefficient (Wildman–Crippen LogP) is 3.04. The highest BCUT2D eigenvalue weighted by molar-refractivity contribution is 6.06. The number of rotatable bonds is 6. The normalized spacial score (nSPS) is 12.7. The maximum Gasteiger partial charge on any atom is 0.252 e. The molecule has 3 heterocycles. The fraction of sp³-hybridized carbons (Fsp3) is 0.389. The maximum absolute atomic E-state index is 12.8. The topological polar surface area (TPSA) is 82.2 Å². The van der Waals surface area contributed by atoms with E-state index < -0.39 is 0 Å². The molecular formula is C18H22N4O3. The molecule has 132 valence electrons. The molecule has 7 heteroatoms. The van der Waals surface area contributed by atoms with E-state index in [1.165, 1.54) is 0 Å². The Hall–Kier alpha value is -2.67. The molecule has 3 aromatic rings. The monoisotopic (exact) mass is 342 g/mol. The first-order valence-corrected chi connectivity index (χ1v) is 8.23. The molecule has 0 spiro atoms. The summed E-state index contributed by atoms with van der Waals surface area (Å²) in [6.45, 7) is 6.38. The van der Waals surface area contributed by atoms with Crippen LogP contribution in [0.3, 0.4) is 0 Å². The zero-order valence-corrected chi connectivity index (χ0v) is 14.8. The van der Waals surface area contributed by atoms with Gasteiger partial charge in [0.1, 0.15) is 5.69 Å². The first kappa shape index (κ1) is 17.2. The van der Waals surface area contributed by atoms with Gasteiger partial charge in [-0.2, -0.15) is 5.10 Å². The highest BCUT2D eigenvalue weighted by Crippen LogP contribution is 2.26. The number of nitrogens with zero attached hydrogens (tertiary/aromatic N) is 3. The van der Waals surface area contributed by atoms with Crippen LogP contribution in [0.15, 0.2) is 35.1 Å². The van der Waals surface area contributed by atoms with Crippen LogP contribution in [0.1, 0.15) is 37.2 Å². The van der Waals surface area contributed by atoms with Crippen LogP contribution in [0.5, 0.6) is 0 Å². The van der Waals surface area contributed by atoms with E-state index in [0.717, 1.165) is 0 Å². The van der Waals surface area contributed by atoms with Gasteiger partial charge in [0.05, 0.1) is 30.0 Å². The molecule has 0 radical (unpaired) electrons. The molecule has 7 nitrogen and oxygen atoms in total. The van der Waals surface area contributed by atoms with Crippen LogP contribution >= 0.6 is 0 Å². The number of hydrogen-bond donors (Lipinski definition) is 1. The number of fused-ring (bicyclic) bond motifs is 1. The number of pyridine rings is 1. The first-order chi connectivity index (χ1) is 12.0. The fourth-order valence-electron chi connectivity index (χ4n) is 2.73. The Morgan fingerprint density at radius 2 is 2.20 bits per heavy atom. The van der Waals surface area contributed by atoms with Crippen LogP contribution in [0.25, 0.3) is 22.5 Å². The Morgan fingerprint density at radius 3 is 2.84 bits per heavy atom. The number of nitrogens with one attached hydrogen (secondary N) is 1. The molecule has 1 N–H and O–H groups in total. The second kappa shape index (κ2) is 7.06. The quantitative estimate of drug-likeness (QED) is 0.744. The van der Waals surface area contributed by atoms with Gasteiger partial charge >= 0.3 is 0 Å². The Bertz CT molecular complexity index is 868. The number of ether oxygens (including phenoxy) is 1. The van der Waals surface area contributed by atoms with Gasteiger partial charge in [0.15, 0.2) is 11.4 Å². The van der Waals surface area contributed by atoms with Gasteiger partial charge in [-0.25, -0.2) is 9.67 Å². The van der Waals surface area contributed by atoms with Gasteiger partial charge in [0.25, 0.3) is 5.91 Å². The highest BCUT2D eigenvalue weighted by Gasteiger charge is 2.20. The smallest absolute Gasteiger partial charge is 0.252 e. The van der Waals surface area contributed by atoms with Crippen molar-refractivity contribution in [3.8, 4) is 11.5 Å². The van der Waals surface area contributed by atoms with E-state index in [9.17, 15) is 4.79 Å². The Morgan fingerprint density at radius 1 is 1.40 bits per heavy atom. The molecule has 3 rings (SSSR count). The van der Waals surface area contributed by atoms with Gasteiger partial charge < -0.3 is 14.5 Å². The second-order valence-electron chi connectivity index (χ2n) is 6.28. The van der Waals surface area contributed by atoms with Crippen LogP contribution in [-0.4, -0.2) is 40.4 Å². The molecule has 3 aromatic heterocycles. The third kappa shape index (κ3) is 3.41. The van der Waals surface area contributed by atoms with Crippen LogP contribution in [-0.2, 0) is 4.74 Å². The lowest BCUT2D eigenvalue weighted by Crippen LogP contribution is -2.35. The van der Waals surface area contributed by atoms with Crippen molar-refractivity contribution in [2.75, 3.05) is 13.7 Å². The minimum atomic E-state index is -0.187. The summed E-state index contributed by atoms with van der Waals surface area (Å²) in [4.78, 5) is 17.4. The SMILES string of the molecule is COC[C@@H](C)NC(=O)c1cc(-c2ccco2)nc2c1cnn2C(C)C. The number of carbonyl (C=O) groups is 1. The number of methoxy groups -OCH3 is 1. The van der Waals surface area contributed by atoms with Crippen molar-refractivity contribution in [2.45, 2.75) is 32.9 Å². The summed E-state index contributed by atoms with van der Waals surface area (Å²) < 4.78 is 12.3. The molecule has 1 amide bonds. The molecule has 0 fully saturated rings. The summed E-state index contributed by atoms with van der Waals surface area (Å²) in [6.07, 6.45) is 3.27. The van der Waals surface area contributed by atoms with Crippen LogP contribution in [0.2, 0.25) is 0 Å². The van der Waals surface area contributed by atoms with Gasteiger partial charge in [-0.05, 0) is 39.0 Å². The Labute approximate surface area is 146 Å². The zero-order chi connectivity index (χ0) is 18.0. The highest BCUT2D eigenvalue weighted by atomic mass is 16.5. The average Bonchev–Trinajstić information content (AvgIpc) is 3.23. The summed E-state index contributed by atoms with van der Waals surface area (Å²) in [5.41, 5.74) is 1.78. The minimum absolute atomic E-state index is 0.104. The second-order valence-corrected chi connectivity index (χ2v) is 6.28. The van der Waals surface area contributed by atoms with Crippen LogP contribution in [0.4, 0.5) is 0 Å². The van der Waals surface area contributed by atoms with Gasteiger partial charge in [-0.15, -0.1) is 0 Å². The zero-order valence-electron chi connectivity index (χ0n) is 14.8. The van der Waals surface area contributed by atoms with Gasteiger partial charge in [0, 0.05) is 19.2 Å². The molecule has 0 aliphatic rings. The Balaban J connectivity index is 2.11. The van der Waals surface area contributed by atoms with Crippen LogP contribution in [0, 0.1) is 0 Å². The molecule has 0 unspecified atom stereocenters. The molecule has 0 saturated heterocycles. The lowest BCUT2D eigenvalue weighted by atomic mass is 10.1. The molecule has 0 aliphatic carbocycles. The maximum atomic E-state index is 12.8. The number of carbonyl (C=O) groups excluding carboxylic acids is 1. The summed E-state index contributed by atoms with van der Waals surface area (Å²) in [5, 5.41) is 8.05. The van der Waals surface area contributed by atoms with Crippen molar-refractivity contribution in [3.63, 3.8) is 0 Å². The molecule has 0 bridgehead atoms. The van der Waals surface area contributed by atoms with E-state index in [0.29, 0.717) is 34.7 Å². The van der Waals surface area contributed by atoms with E-state index in [1.54, 1.807) is 36.4 Å². The van der Waals surface area contributed by atoms with E-state index >= 15 is 0 Å². The third-order valence-electron chi connectivity index (χ3n) is 3.87. The van der Waals surface area contributed by atoms with Crippen molar-refractivity contribution in [1.29, 1.82) is 0 Å². The minimum Gasteiger partial charge on any atom is -0.463 e. The van der Waals surface area contributed by atoms with Crippen molar-refractivity contribution in [3.05, 3.63) is 36.2 Å². The van der Waals surface area contributed by atoms with Crippen molar-refractivity contribution < 1.29 is 13.9 Å². The van der Waals surface area contributed by atoms with Crippen molar-refractivity contribution in [1.82, 2.24) is 20.1 Å². The third-order valence-corrected chi connectivity index (χ3v) is 3.87. The molecule has 0 aromatic carbocycles. The van der Waals surface area contributed by atoms with E-state index in [2.05, 4.69) is 15.4 Å². The van der Waals surface area contributed by atoms with E-state index in [-0.39, 0.29) is 18.0 Å². The van der Waals surface area contributed by atoms with Gasteiger partial charge in [0.2, 0.25) is 0 Å². The largest absolute Gasteiger partial charge is 0.463 e. The summed E-state index contributed by atoms with van der Waals surface area (Å²) >= 11 is 0. The first-order valence-electron chi connectivity index (χ1n) is 8.23. The lowest BCUT2D eigenvalue weighted by molar-refractivity contribution is 0.0907. The van der Waals surface area contributed by atoms with Crippen molar-refractivity contribution in [2.24, 2.45) is 0 Å². The van der Waals surface area contributed by atoms with Crippen molar-refractivity contribution >= 4 is 16.9 Å². The predicted molar refractivity (Wildman–Crippen MR) is 94.4 cm³/mol. The lowest BCUT2D eigenvalue weighted by Gasteiger charge is -2.14. The van der Waals surface area contributed by atoms with E-state index in [4.69, 9.17) is 9.15 Å². The standard InChI is InChI=1S/C18H22N4O3/c1-11(2)22-17-14(9-19-22)13(18(23)20-12(3)10-24-4)8-15(21-17)16-6-5-7-25-16/h5-9,11-12H,10H2,1-4H3,(H,20,23)/t12-/m1/s1. The van der Waals surface area contributed by atoms with Gasteiger partial charge in [-0.3, -0.25) is 4.79 Å². The number of furan rings is 1. The molecule has 25 heavy (non-hydrogen) atoms.